The molecule has 1 saturated heterocycles. The largest absolute Gasteiger partial charge is 0.369 e. The average molecular weight is 302 g/mol. The summed E-state index contributed by atoms with van der Waals surface area (Å²) in [6.07, 6.45) is 1.35. The molecule has 0 unspecified atom stereocenters. The molecule has 0 spiro atoms. The smallest absolute Gasteiger partial charge is 0.244 e. The molecule has 0 radical (unpaired) electrons. The van der Waals surface area contributed by atoms with Crippen molar-refractivity contribution in [2.45, 2.75) is 31.6 Å². The fourth-order valence-corrected chi connectivity index (χ4v) is 5.44. The SMILES string of the molecule is Cc1cc(S(=O)(=O)N2CCC[C@H](C(N)=O)C2)c(C)s1. The summed E-state index contributed by atoms with van der Waals surface area (Å²) in [6.45, 7) is 4.35. The number of amides is 1. The maximum Gasteiger partial charge on any atom is 0.244 e. The van der Waals surface area contributed by atoms with Crippen molar-refractivity contribution < 1.29 is 13.2 Å². The molecule has 1 aliphatic rings. The Hall–Kier alpha value is -0.920. The first kappa shape index (κ1) is 14.5. The number of piperidine rings is 1. The van der Waals surface area contributed by atoms with E-state index in [9.17, 15) is 13.2 Å². The van der Waals surface area contributed by atoms with Crippen LogP contribution in [0.5, 0.6) is 0 Å². The number of rotatable bonds is 3. The van der Waals surface area contributed by atoms with Crippen molar-refractivity contribution in [3.63, 3.8) is 0 Å². The van der Waals surface area contributed by atoms with Gasteiger partial charge in [0, 0.05) is 22.8 Å². The molecular formula is C12H18N2O3S2. The van der Waals surface area contributed by atoms with Crippen LogP contribution in [0.25, 0.3) is 0 Å². The van der Waals surface area contributed by atoms with E-state index >= 15 is 0 Å². The Morgan fingerprint density at radius 2 is 2.16 bits per heavy atom. The van der Waals surface area contributed by atoms with Gasteiger partial charge in [-0.15, -0.1) is 11.3 Å². The molecule has 2 rings (SSSR count). The molecule has 2 heterocycles. The molecule has 1 aromatic rings. The lowest BCUT2D eigenvalue weighted by Crippen LogP contribution is -2.44. The Labute approximate surface area is 117 Å². The van der Waals surface area contributed by atoms with Crippen LogP contribution in [0, 0.1) is 19.8 Å². The second kappa shape index (κ2) is 5.22. The molecule has 5 nitrogen and oxygen atoms in total. The highest BCUT2D eigenvalue weighted by Crippen LogP contribution is 2.30. The van der Waals surface area contributed by atoms with Crippen molar-refractivity contribution in [2.24, 2.45) is 11.7 Å². The minimum atomic E-state index is -3.50. The van der Waals surface area contributed by atoms with Gasteiger partial charge in [0.2, 0.25) is 15.9 Å². The van der Waals surface area contributed by atoms with E-state index in [1.54, 1.807) is 13.0 Å². The molecule has 1 atom stereocenters. The molecule has 106 valence electrons. The fourth-order valence-electron chi connectivity index (χ4n) is 2.40. The molecule has 0 bridgehead atoms. The zero-order valence-corrected chi connectivity index (χ0v) is 12.7. The van der Waals surface area contributed by atoms with Crippen LogP contribution in [0.3, 0.4) is 0 Å². The zero-order chi connectivity index (χ0) is 14.2. The first-order valence-electron chi connectivity index (χ1n) is 6.19. The molecule has 19 heavy (non-hydrogen) atoms. The summed E-state index contributed by atoms with van der Waals surface area (Å²) >= 11 is 1.47. The van der Waals surface area contributed by atoms with Crippen molar-refractivity contribution in [2.75, 3.05) is 13.1 Å². The number of carbonyl (C=O) groups is 1. The Balaban J connectivity index is 2.29. The topological polar surface area (TPSA) is 80.5 Å². The van der Waals surface area contributed by atoms with E-state index in [4.69, 9.17) is 5.73 Å². The van der Waals surface area contributed by atoms with Crippen LogP contribution in [0.15, 0.2) is 11.0 Å². The van der Waals surface area contributed by atoms with Crippen LogP contribution < -0.4 is 5.73 Å². The molecule has 1 aromatic heterocycles. The Morgan fingerprint density at radius 3 is 2.68 bits per heavy atom. The second-order valence-electron chi connectivity index (χ2n) is 4.88. The molecular weight excluding hydrogens is 284 g/mol. The van der Waals surface area contributed by atoms with E-state index in [0.29, 0.717) is 24.3 Å². The third-order valence-corrected chi connectivity index (χ3v) is 6.49. The first-order valence-corrected chi connectivity index (χ1v) is 8.44. The standard InChI is InChI=1S/C12H18N2O3S2/c1-8-6-11(9(2)18-8)19(16,17)14-5-3-4-10(7-14)12(13)15/h6,10H,3-5,7H2,1-2H3,(H2,13,15)/t10-/m0/s1. The van der Waals surface area contributed by atoms with Crippen LogP contribution >= 0.6 is 11.3 Å². The van der Waals surface area contributed by atoms with E-state index in [-0.39, 0.29) is 12.5 Å². The second-order valence-corrected chi connectivity index (χ2v) is 8.25. The van der Waals surface area contributed by atoms with Crippen LogP contribution in [0.2, 0.25) is 0 Å². The normalized spacial score (nSPS) is 21.5. The number of hydrogen-bond donors (Lipinski definition) is 1. The first-order chi connectivity index (χ1) is 8.82. The summed E-state index contributed by atoms with van der Waals surface area (Å²) in [7, 11) is -3.50. The highest BCUT2D eigenvalue weighted by molar-refractivity contribution is 7.89. The van der Waals surface area contributed by atoms with E-state index in [1.165, 1.54) is 15.6 Å². The van der Waals surface area contributed by atoms with Crippen LogP contribution in [0.1, 0.15) is 22.6 Å². The van der Waals surface area contributed by atoms with E-state index in [2.05, 4.69) is 0 Å². The van der Waals surface area contributed by atoms with Gasteiger partial charge >= 0.3 is 0 Å². The quantitative estimate of drug-likeness (QED) is 0.912. The van der Waals surface area contributed by atoms with Crippen molar-refractivity contribution in [3.8, 4) is 0 Å². The summed E-state index contributed by atoms with van der Waals surface area (Å²) in [5, 5.41) is 0. The van der Waals surface area contributed by atoms with Crippen molar-refractivity contribution >= 4 is 27.3 Å². The molecule has 7 heteroatoms. The van der Waals surface area contributed by atoms with Gasteiger partial charge in [-0.3, -0.25) is 4.79 Å². The Kier molecular flexibility index (Phi) is 3.98. The molecule has 0 saturated carbocycles. The number of sulfonamides is 1. The van der Waals surface area contributed by atoms with Crippen molar-refractivity contribution in [1.82, 2.24) is 4.31 Å². The highest BCUT2D eigenvalue weighted by Gasteiger charge is 2.33. The zero-order valence-electron chi connectivity index (χ0n) is 11.0. The molecule has 2 N–H and O–H groups in total. The van der Waals surface area contributed by atoms with E-state index in [0.717, 1.165) is 9.75 Å². The fraction of sp³-hybridized carbons (Fsp3) is 0.583. The Morgan fingerprint density at radius 1 is 1.47 bits per heavy atom. The third-order valence-electron chi connectivity index (χ3n) is 3.40. The van der Waals surface area contributed by atoms with Gasteiger partial charge in [-0.2, -0.15) is 4.31 Å². The lowest BCUT2D eigenvalue weighted by Gasteiger charge is -2.30. The predicted molar refractivity (Wildman–Crippen MR) is 74.5 cm³/mol. The van der Waals surface area contributed by atoms with Crippen molar-refractivity contribution in [1.29, 1.82) is 0 Å². The summed E-state index contributed by atoms with van der Waals surface area (Å²) < 4.78 is 26.5. The predicted octanol–water partition coefficient (Wildman–Crippen LogP) is 1.25. The minimum absolute atomic E-state index is 0.200. The van der Waals surface area contributed by atoms with Gasteiger partial charge in [-0.05, 0) is 32.8 Å². The highest BCUT2D eigenvalue weighted by atomic mass is 32.2. The summed E-state index contributed by atoms with van der Waals surface area (Å²) in [5.41, 5.74) is 5.29. The Bertz CT molecular complexity index is 592. The number of aryl methyl sites for hydroxylation is 2. The number of primary amides is 1. The van der Waals surface area contributed by atoms with Gasteiger partial charge in [-0.1, -0.05) is 0 Å². The van der Waals surface area contributed by atoms with Crippen LogP contribution in [0.4, 0.5) is 0 Å². The van der Waals surface area contributed by atoms with Crippen molar-refractivity contribution in [3.05, 3.63) is 15.8 Å². The molecule has 1 fully saturated rings. The number of nitrogens with zero attached hydrogens (tertiary/aromatic N) is 1. The maximum absolute atomic E-state index is 12.6. The lowest BCUT2D eigenvalue weighted by atomic mass is 9.99. The van der Waals surface area contributed by atoms with E-state index in [1.807, 2.05) is 6.92 Å². The third kappa shape index (κ3) is 2.82. The average Bonchev–Trinajstić information content (AvgIpc) is 2.69. The van der Waals surface area contributed by atoms with Gasteiger partial charge in [0.1, 0.15) is 0 Å². The van der Waals surface area contributed by atoms with Gasteiger partial charge in [-0.25, -0.2) is 8.42 Å². The van der Waals surface area contributed by atoms with Gasteiger partial charge in [0.15, 0.2) is 0 Å². The molecule has 1 aliphatic heterocycles. The van der Waals surface area contributed by atoms with Crippen LogP contribution in [-0.2, 0) is 14.8 Å². The summed E-state index contributed by atoms with van der Waals surface area (Å²) in [6, 6.07) is 1.70. The molecule has 1 amide bonds. The minimum Gasteiger partial charge on any atom is -0.369 e. The number of thiophene rings is 1. The van der Waals surface area contributed by atoms with Gasteiger partial charge in [0.25, 0.3) is 0 Å². The van der Waals surface area contributed by atoms with Gasteiger partial charge in [0.05, 0.1) is 10.8 Å². The number of nitrogens with two attached hydrogens (primary N) is 1. The number of hydrogen-bond acceptors (Lipinski definition) is 4. The summed E-state index contributed by atoms with van der Waals surface area (Å²) in [4.78, 5) is 13.4. The van der Waals surface area contributed by atoms with E-state index < -0.39 is 15.9 Å². The maximum atomic E-state index is 12.6. The lowest BCUT2D eigenvalue weighted by molar-refractivity contribution is -0.122. The van der Waals surface area contributed by atoms with Crippen LogP contribution in [-0.4, -0.2) is 31.7 Å². The number of carbonyl (C=O) groups excluding carboxylic acids is 1. The molecule has 0 aromatic carbocycles. The summed E-state index contributed by atoms with van der Waals surface area (Å²) in [5.74, 6) is -0.790. The molecule has 0 aliphatic carbocycles. The monoisotopic (exact) mass is 302 g/mol. The van der Waals surface area contributed by atoms with Gasteiger partial charge < -0.3 is 5.73 Å².